The highest BCUT2D eigenvalue weighted by Crippen LogP contribution is 1.81. The third kappa shape index (κ3) is 6.07. The molecule has 0 saturated heterocycles. The van der Waals surface area contributed by atoms with Gasteiger partial charge in [-0.2, -0.15) is 0 Å². The molecule has 0 spiro atoms. The molecule has 4 heteroatoms. The van der Waals surface area contributed by atoms with E-state index < -0.39 is 0 Å². The molecule has 2 nitrogen and oxygen atoms in total. The Morgan fingerprint density at radius 1 is 0.556 bits per heavy atom. The van der Waals surface area contributed by atoms with Gasteiger partial charge in [0.1, 0.15) is 0 Å². The molecular weight excluding hydrogens is 356 g/mol. The maximum atomic E-state index is 2.18. The maximum absolute atomic E-state index is 2.18. The Morgan fingerprint density at radius 3 is 1.22 bits per heavy atom. The van der Waals surface area contributed by atoms with Gasteiger partial charge in [0.2, 0.25) is 0 Å². The Kier molecular flexibility index (Phi) is 9.42. The molecule has 0 unspecified atom stereocenters. The zero-order chi connectivity index (χ0) is 11.1. The van der Waals surface area contributed by atoms with E-state index in [9.17, 15) is 0 Å². The van der Waals surface area contributed by atoms with Crippen LogP contribution >= 0.6 is 0 Å². The van der Waals surface area contributed by atoms with Crippen molar-refractivity contribution in [2.45, 2.75) is 13.1 Å². The second kappa shape index (κ2) is 9.97. The summed E-state index contributed by atoms with van der Waals surface area (Å²) in [5.41, 5.74) is 0. The van der Waals surface area contributed by atoms with E-state index in [0.29, 0.717) is 0 Å². The zero-order valence-electron chi connectivity index (χ0n) is 9.99. The molecule has 0 amide bonds. The fraction of sp³-hybridized carbons (Fsp3) is 0.143. The number of allylic oxidation sites excluding steroid dienone is 2. The average molecular weight is 372 g/mol. The van der Waals surface area contributed by atoms with Crippen molar-refractivity contribution in [2.75, 3.05) is 0 Å². The fourth-order valence-electron chi connectivity index (χ4n) is 1.50. The standard InChI is InChI=1S/C14H16N2.2BrH/c1-3-9-15(10-4-1)13-7-8-14-16-11-5-2-6-12-16;;/h1-12H,13-14H2;2*1H/q+2;;/p-2. The normalized spacial score (nSPS) is 9.56. The molecule has 0 aliphatic carbocycles. The Bertz CT molecular complexity index is 400. The van der Waals surface area contributed by atoms with Crippen LogP contribution in [0.4, 0.5) is 0 Å². The van der Waals surface area contributed by atoms with Crippen molar-refractivity contribution in [3.63, 3.8) is 0 Å². The molecule has 0 saturated carbocycles. The van der Waals surface area contributed by atoms with Gasteiger partial charge in [-0.05, 0) is 12.2 Å². The lowest BCUT2D eigenvalue weighted by atomic mass is 10.4. The number of aromatic nitrogens is 2. The van der Waals surface area contributed by atoms with Gasteiger partial charge in [-0.15, -0.1) is 0 Å². The summed E-state index contributed by atoms with van der Waals surface area (Å²) in [6, 6.07) is 12.2. The van der Waals surface area contributed by atoms with E-state index in [1.807, 2.05) is 36.4 Å². The minimum atomic E-state index is 0. The second-order valence-corrected chi connectivity index (χ2v) is 3.62. The first-order chi connectivity index (χ1) is 7.95. The Balaban J connectivity index is 0.00000144. The van der Waals surface area contributed by atoms with E-state index in [1.165, 1.54) is 0 Å². The van der Waals surface area contributed by atoms with Crippen LogP contribution in [0.25, 0.3) is 0 Å². The van der Waals surface area contributed by atoms with Crippen LogP contribution in [0.3, 0.4) is 0 Å². The molecule has 0 aliphatic rings. The molecule has 0 fully saturated rings. The molecule has 2 heterocycles. The number of halogens is 2. The predicted octanol–water partition coefficient (Wildman–Crippen LogP) is -4.47. The van der Waals surface area contributed by atoms with E-state index in [-0.39, 0.29) is 34.0 Å². The van der Waals surface area contributed by atoms with Crippen molar-refractivity contribution in [3.05, 3.63) is 73.3 Å². The van der Waals surface area contributed by atoms with Gasteiger partial charge in [-0.1, -0.05) is 12.1 Å². The number of pyridine rings is 2. The first-order valence-electron chi connectivity index (χ1n) is 5.48. The van der Waals surface area contributed by atoms with Crippen LogP contribution in [0.2, 0.25) is 0 Å². The van der Waals surface area contributed by atoms with Gasteiger partial charge < -0.3 is 34.0 Å². The molecule has 0 aliphatic heterocycles. The van der Waals surface area contributed by atoms with Crippen LogP contribution < -0.4 is 43.1 Å². The van der Waals surface area contributed by atoms with Crippen LogP contribution in [0.15, 0.2) is 73.3 Å². The van der Waals surface area contributed by atoms with Crippen molar-refractivity contribution >= 4 is 0 Å². The lowest BCUT2D eigenvalue weighted by Crippen LogP contribution is -3.00. The minimum absolute atomic E-state index is 0. The first kappa shape index (κ1) is 17.0. The van der Waals surface area contributed by atoms with Crippen LogP contribution in [0.5, 0.6) is 0 Å². The van der Waals surface area contributed by atoms with E-state index in [1.54, 1.807) is 0 Å². The summed E-state index contributed by atoms with van der Waals surface area (Å²) in [4.78, 5) is 0. The predicted molar refractivity (Wildman–Crippen MR) is 62.4 cm³/mol. The summed E-state index contributed by atoms with van der Waals surface area (Å²) in [7, 11) is 0. The number of rotatable bonds is 4. The molecule has 2 aromatic rings. The fourth-order valence-corrected chi connectivity index (χ4v) is 1.50. The molecule has 0 bridgehead atoms. The van der Waals surface area contributed by atoms with Gasteiger partial charge in [0.25, 0.3) is 0 Å². The summed E-state index contributed by atoms with van der Waals surface area (Å²) >= 11 is 0. The van der Waals surface area contributed by atoms with E-state index >= 15 is 0 Å². The smallest absolute Gasteiger partial charge is 0.169 e. The first-order valence-corrected chi connectivity index (χ1v) is 5.48. The number of nitrogens with zero attached hydrogens (tertiary/aromatic N) is 2. The van der Waals surface area contributed by atoms with Crippen molar-refractivity contribution < 1.29 is 43.1 Å². The minimum Gasteiger partial charge on any atom is -1.00 e. The Morgan fingerprint density at radius 2 is 0.889 bits per heavy atom. The van der Waals surface area contributed by atoms with E-state index in [4.69, 9.17) is 0 Å². The quantitative estimate of drug-likeness (QED) is 0.378. The topological polar surface area (TPSA) is 7.76 Å². The third-order valence-electron chi connectivity index (χ3n) is 2.35. The summed E-state index contributed by atoms with van der Waals surface area (Å²) in [5.74, 6) is 0. The summed E-state index contributed by atoms with van der Waals surface area (Å²) < 4.78 is 4.29. The van der Waals surface area contributed by atoms with Crippen LogP contribution in [-0.4, -0.2) is 0 Å². The molecule has 0 N–H and O–H groups in total. The van der Waals surface area contributed by atoms with Crippen LogP contribution in [0, 0.1) is 0 Å². The van der Waals surface area contributed by atoms with Crippen molar-refractivity contribution in [2.24, 2.45) is 0 Å². The highest BCUT2D eigenvalue weighted by molar-refractivity contribution is 4.85. The van der Waals surface area contributed by atoms with Crippen LogP contribution in [0.1, 0.15) is 0 Å². The highest BCUT2D eigenvalue weighted by Gasteiger charge is 1.94. The molecule has 0 aromatic carbocycles. The lowest BCUT2D eigenvalue weighted by Gasteiger charge is -1.90. The Labute approximate surface area is 129 Å². The molecule has 2 aromatic heterocycles. The van der Waals surface area contributed by atoms with Crippen molar-refractivity contribution in [1.82, 2.24) is 0 Å². The third-order valence-corrected chi connectivity index (χ3v) is 2.35. The average Bonchev–Trinajstić information content (AvgIpc) is 2.37. The summed E-state index contributed by atoms with van der Waals surface area (Å²) in [6.07, 6.45) is 12.6. The van der Waals surface area contributed by atoms with E-state index in [0.717, 1.165) is 13.1 Å². The van der Waals surface area contributed by atoms with Gasteiger partial charge in [0, 0.05) is 24.3 Å². The molecule has 0 radical (unpaired) electrons. The van der Waals surface area contributed by atoms with Crippen molar-refractivity contribution in [3.8, 4) is 0 Å². The van der Waals surface area contributed by atoms with Gasteiger partial charge in [0.15, 0.2) is 37.9 Å². The number of hydrogen-bond acceptors (Lipinski definition) is 0. The summed E-state index contributed by atoms with van der Waals surface area (Å²) in [5, 5.41) is 0. The van der Waals surface area contributed by atoms with E-state index in [2.05, 4.69) is 46.1 Å². The van der Waals surface area contributed by atoms with Gasteiger partial charge in [-0.25, -0.2) is 9.13 Å². The SMILES string of the molecule is C(=CC[n+]1ccccc1)C[n+]1ccccc1.[Br-].[Br-]. The molecular formula is C14H16Br2N2. The monoisotopic (exact) mass is 370 g/mol. The second-order valence-electron chi connectivity index (χ2n) is 3.62. The molecule has 18 heavy (non-hydrogen) atoms. The Hall–Kier alpha value is -1.000. The maximum Gasteiger partial charge on any atom is 0.169 e. The largest absolute Gasteiger partial charge is 1.00 e. The number of hydrogen-bond donors (Lipinski definition) is 0. The van der Waals surface area contributed by atoms with Crippen LogP contribution in [-0.2, 0) is 13.1 Å². The van der Waals surface area contributed by atoms with Gasteiger partial charge in [0.05, 0.1) is 0 Å². The summed E-state index contributed by atoms with van der Waals surface area (Å²) in [6.45, 7) is 1.85. The molecule has 2 rings (SSSR count). The van der Waals surface area contributed by atoms with Gasteiger partial charge in [-0.3, -0.25) is 0 Å². The lowest BCUT2D eigenvalue weighted by molar-refractivity contribution is -0.691. The molecule has 96 valence electrons. The molecule has 0 atom stereocenters. The van der Waals surface area contributed by atoms with Crippen molar-refractivity contribution in [1.29, 1.82) is 0 Å². The zero-order valence-corrected chi connectivity index (χ0v) is 13.2. The van der Waals surface area contributed by atoms with Gasteiger partial charge >= 0.3 is 0 Å². The highest BCUT2D eigenvalue weighted by atomic mass is 79.9.